The number of nitrogens with zero attached hydrogens (tertiary/aromatic N) is 2. The Hall–Kier alpha value is -2.57. The summed E-state index contributed by atoms with van der Waals surface area (Å²) >= 11 is 0. The quantitative estimate of drug-likeness (QED) is 0.831. The molecule has 1 N–H and O–H groups in total. The summed E-state index contributed by atoms with van der Waals surface area (Å²) in [5.74, 6) is -1.22. The molecule has 2 aromatic rings. The summed E-state index contributed by atoms with van der Waals surface area (Å²) in [5, 5.41) is 6.47. The lowest BCUT2D eigenvalue weighted by molar-refractivity contribution is 0.0662. The zero-order valence-electron chi connectivity index (χ0n) is 14.6. The number of likely N-dealkylation sites (tertiary alicyclic amines) is 1. The molecule has 1 atom stereocenters. The van der Waals surface area contributed by atoms with Gasteiger partial charge in [0.15, 0.2) is 5.78 Å². The van der Waals surface area contributed by atoms with Crippen molar-refractivity contribution in [2.75, 3.05) is 13.1 Å². The number of piperidine rings is 1. The van der Waals surface area contributed by atoms with E-state index in [1.54, 1.807) is 4.90 Å². The number of Topliss-reactive ketones (excluding diaryl/α,β-unsaturated/α-hetero) is 1. The standard InChI is InChI=1S/C19H21F2N3O2/c1-12(25)17-10-18(23-22-17)19(26)24-8-2-3-13(11-24)4-5-14-6-7-15(20)9-16(14)21/h6-7,9-10,13H,2-5,8,11H2,1H3,(H,22,23). The molecule has 1 aromatic heterocycles. The molecule has 1 amide bonds. The number of H-pyrrole nitrogens is 1. The van der Waals surface area contributed by atoms with Gasteiger partial charge in [-0.3, -0.25) is 14.7 Å². The van der Waals surface area contributed by atoms with Crippen LogP contribution < -0.4 is 0 Å². The first-order chi connectivity index (χ1) is 12.4. The Morgan fingerprint density at radius 2 is 2.12 bits per heavy atom. The second kappa shape index (κ2) is 7.76. The number of aromatic amines is 1. The Morgan fingerprint density at radius 1 is 1.31 bits per heavy atom. The van der Waals surface area contributed by atoms with Gasteiger partial charge in [-0.05, 0) is 49.3 Å². The highest BCUT2D eigenvalue weighted by Crippen LogP contribution is 2.23. The smallest absolute Gasteiger partial charge is 0.271 e. The van der Waals surface area contributed by atoms with Crippen LogP contribution in [0.2, 0.25) is 0 Å². The molecule has 1 aromatic carbocycles. The van der Waals surface area contributed by atoms with E-state index in [0.29, 0.717) is 30.8 Å². The van der Waals surface area contributed by atoms with Crippen LogP contribution in [0.15, 0.2) is 24.3 Å². The number of nitrogens with one attached hydrogen (secondary N) is 1. The number of aromatic nitrogens is 2. The molecule has 0 bridgehead atoms. The molecule has 26 heavy (non-hydrogen) atoms. The van der Waals surface area contributed by atoms with Gasteiger partial charge in [-0.25, -0.2) is 8.78 Å². The number of halogens is 2. The van der Waals surface area contributed by atoms with Crippen molar-refractivity contribution in [1.29, 1.82) is 0 Å². The molecule has 138 valence electrons. The van der Waals surface area contributed by atoms with Crippen LogP contribution in [0.3, 0.4) is 0 Å². The number of benzene rings is 1. The van der Waals surface area contributed by atoms with E-state index in [2.05, 4.69) is 10.2 Å². The van der Waals surface area contributed by atoms with Gasteiger partial charge in [0, 0.05) is 26.1 Å². The van der Waals surface area contributed by atoms with Crippen molar-refractivity contribution in [3.63, 3.8) is 0 Å². The lowest BCUT2D eigenvalue weighted by Gasteiger charge is -2.32. The van der Waals surface area contributed by atoms with E-state index in [1.807, 2.05) is 0 Å². The molecule has 0 radical (unpaired) electrons. The number of ketones is 1. The first-order valence-electron chi connectivity index (χ1n) is 8.73. The molecule has 0 aliphatic carbocycles. The van der Waals surface area contributed by atoms with Crippen LogP contribution in [-0.2, 0) is 6.42 Å². The summed E-state index contributed by atoms with van der Waals surface area (Å²) in [7, 11) is 0. The monoisotopic (exact) mass is 361 g/mol. The van der Waals surface area contributed by atoms with Crippen LogP contribution in [0.4, 0.5) is 8.78 Å². The van der Waals surface area contributed by atoms with E-state index in [0.717, 1.165) is 25.3 Å². The minimum atomic E-state index is -0.579. The predicted molar refractivity (Wildman–Crippen MR) is 91.9 cm³/mol. The van der Waals surface area contributed by atoms with Gasteiger partial charge < -0.3 is 4.90 Å². The molecule has 1 unspecified atom stereocenters. The van der Waals surface area contributed by atoms with E-state index < -0.39 is 11.6 Å². The Balaban J connectivity index is 1.59. The third-order valence-corrected chi connectivity index (χ3v) is 4.81. The fraction of sp³-hybridized carbons (Fsp3) is 0.421. The van der Waals surface area contributed by atoms with E-state index in [9.17, 15) is 18.4 Å². The molecule has 5 nitrogen and oxygen atoms in total. The molecule has 2 heterocycles. The molecule has 1 aliphatic heterocycles. The highest BCUT2D eigenvalue weighted by Gasteiger charge is 2.26. The maximum Gasteiger partial charge on any atom is 0.271 e. The summed E-state index contributed by atoms with van der Waals surface area (Å²) in [6, 6.07) is 5.11. The summed E-state index contributed by atoms with van der Waals surface area (Å²) in [6.07, 6.45) is 3.08. The molecular weight excluding hydrogens is 340 g/mol. The fourth-order valence-electron chi connectivity index (χ4n) is 3.35. The highest BCUT2D eigenvalue weighted by molar-refractivity contribution is 5.97. The van der Waals surface area contributed by atoms with Gasteiger partial charge in [-0.2, -0.15) is 5.10 Å². The van der Waals surface area contributed by atoms with Crippen LogP contribution >= 0.6 is 0 Å². The van der Waals surface area contributed by atoms with Gasteiger partial charge in [-0.1, -0.05) is 6.07 Å². The first-order valence-corrected chi connectivity index (χ1v) is 8.73. The summed E-state index contributed by atoms with van der Waals surface area (Å²) in [5.41, 5.74) is 1.05. The van der Waals surface area contributed by atoms with E-state index in [4.69, 9.17) is 0 Å². The zero-order valence-corrected chi connectivity index (χ0v) is 14.6. The normalized spacial score (nSPS) is 17.3. The van der Waals surface area contributed by atoms with E-state index >= 15 is 0 Å². The molecule has 3 rings (SSSR count). The van der Waals surface area contributed by atoms with Gasteiger partial charge in [0.25, 0.3) is 5.91 Å². The number of carbonyl (C=O) groups is 2. The third-order valence-electron chi connectivity index (χ3n) is 4.81. The van der Waals surface area contributed by atoms with Crippen molar-refractivity contribution >= 4 is 11.7 Å². The molecule has 1 saturated heterocycles. The maximum absolute atomic E-state index is 13.8. The number of aryl methyl sites for hydroxylation is 1. The van der Waals surface area contributed by atoms with Crippen molar-refractivity contribution < 1.29 is 18.4 Å². The van der Waals surface area contributed by atoms with Gasteiger partial charge in [0.2, 0.25) is 0 Å². The molecule has 7 heteroatoms. The van der Waals surface area contributed by atoms with Gasteiger partial charge >= 0.3 is 0 Å². The Kier molecular flexibility index (Phi) is 5.44. The maximum atomic E-state index is 13.8. The topological polar surface area (TPSA) is 66.1 Å². The third kappa shape index (κ3) is 4.15. The summed E-state index contributed by atoms with van der Waals surface area (Å²) in [4.78, 5) is 25.6. The Labute approximate surface area is 150 Å². The van der Waals surface area contributed by atoms with Crippen LogP contribution in [0.1, 0.15) is 52.7 Å². The lowest BCUT2D eigenvalue weighted by atomic mass is 9.91. The summed E-state index contributed by atoms with van der Waals surface area (Å²) in [6.45, 7) is 2.63. The van der Waals surface area contributed by atoms with Gasteiger partial charge in [0.05, 0.1) is 0 Å². The number of hydrogen-bond acceptors (Lipinski definition) is 3. The molecule has 1 aliphatic rings. The van der Waals surface area contributed by atoms with Crippen molar-refractivity contribution in [1.82, 2.24) is 15.1 Å². The minimum absolute atomic E-state index is 0.178. The Morgan fingerprint density at radius 3 is 2.81 bits per heavy atom. The lowest BCUT2D eigenvalue weighted by Crippen LogP contribution is -2.40. The van der Waals surface area contributed by atoms with Crippen LogP contribution in [0.5, 0.6) is 0 Å². The Bertz CT molecular complexity index is 819. The predicted octanol–water partition coefficient (Wildman–Crippen LogP) is 3.38. The van der Waals surface area contributed by atoms with Gasteiger partial charge in [-0.15, -0.1) is 0 Å². The first kappa shape index (κ1) is 18.2. The van der Waals surface area contributed by atoms with Crippen LogP contribution in [-0.4, -0.2) is 39.9 Å². The summed E-state index contributed by atoms with van der Waals surface area (Å²) < 4.78 is 26.7. The van der Waals surface area contributed by atoms with Gasteiger partial charge in [0.1, 0.15) is 23.0 Å². The molecule has 0 saturated carbocycles. The number of hydrogen-bond donors (Lipinski definition) is 1. The molecule has 1 fully saturated rings. The number of amides is 1. The number of carbonyl (C=O) groups excluding carboxylic acids is 2. The van der Waals surface area contributed by atoms with Crippen LogP contribution in [0.25, 0.3) is 0 Å². The SMILES string of the molecule is CC(=O)c1cc(C(=O)N2CCCC(CCc3ccc(F)cc3F)C2)[nH]n1. The molecular formula is C19H21F2N3O2. The van der Waals surface area contributed by atoms with E-state index in [1.165, 1.54) is 25.1 Å². The van der Waals surface area contributed by atoms with E-state index in [-0.39, 0.29) is 23.3 Å². The largest absolute Gasteiger partial charge is 0.337 e. The van der Waals surface area contributed by atoms with Crippen LogP contribution in [0, 0.1) is 17.6 Å². The van der Waals surface area contributed by atoms with Crippen molar-refractivity contribution in [2.45, 2.75) is 32.6 Å². The average Bonchev–Trinajstić information content (AvgIpc) is 3.11. The van der Waals surface area contributed by atoms with Crippen molar-refractivity contribution in [2.24, 2.45) is 5.92 Å². The number of rotatable bonds is 5. The average molecular weight is 361 g/mol. The zero-order chi connectivity index (χ0) is 18.7. The highest BCUT2D eigenvalue weighted by atomic mass is 19.1. The second-order valence-corrected chi connectivity index (χ2v) is 6.76. The van der Waals surface area contributed by atoms with Crippen molar-refractivity contribution in [3.8, 4) is 0 Å². The fourth-order valence-corrected chi connectivity index (χ4v) is 3.35. The molecule has 0 spiro atoms. The second-order valence-electron chi connectivity index (χ2n) is 6.76. The minimum Gasteiger partial charge on any atom is -0.337 e. The van der Waals surface area contributed by atoms with Crippen molar-refractivity contribution in [3.05, 3.63) is 52.9 Å².